The molecule has 1 unspecified atom stereocenters. The molecule has 3 heteroatoms. The molecule has 110 valence electrons. The molecular formula is C19H16O3. The van der Waals surface area contributed by atoms with Gasteiger partial charge in [-0.15, -0.1) is 0 Å². The van der Waals surface area contributed by atoms with Crippen LogP contribution < -0.4 is 0 Å². The van der Waals surface area contributed by atoms with E-state index in [1.165, 1.54) is 0 Å². The third kappa shape index (κ3) is 2.96. The Bertz CT molecular complexity index is 753. The monoisotopic (exact) mass is 292 g/mol. The van der Waals surface area contributed by atoms with Gasteiger partial charge in [-0.2, -0.15) is 0 Å². The molecular weight excluding hydrogens is 276 g/mol. The van der Waals surface area contributed by atoms with Gasteiger partial charge in [-0.25, -0.2) is 4.79 Å². The zero-order valence-electron chi connectivity index (χ0n) is 12.3. The van der Waals surface area contributed by atoms with E-state index in [2.05, 4.69) is 11.8 Å². The minimum atomic E-state index is -0.645. The van der Waals surface area contributed by atoms with Gasteiger partial charge < -0.3 is 9.47 Å². The molecule has 3 rings (SSSR count). The Morgan fingerprint density at radius 3 is 2.59 bits per heavy atom. The molecule has 0 aliphatic heterocycles. The van der Waals surface area contributed by atoms with Crippen LogP contribution in [0.3, 0.4) is 0 Å². The average Bonchev–Trinajstić information content (AvgIpc) is 2.52. The fourth-order valence-corrected chi connectivity index (χ4v) is 2.53. The molecule has 0 fully saturated rings. The Hall–Kier alpha value is -2.73. The van der Waals surface area contributed by atoms with Crippen LogP contribution in [0.5, 0.6) is 0 Å². The van der Waals surface area contributed by atoms with Crippen molar-refractivity contribution in [1.82, 2.24) is 0 Å². The van der Waals surface area contributed by atoms with Gasteiger partial charge in [0.1, 0.15) is 6.10 Å². The Kier molecular flexibility index (Phi) is 4.11. The van der Waals surface area contributed by atoms with E-state index in [1.54, 1.807) is 6.92 Å². The molecule has 0 saturated heterocycles. The summed E-state index contributed by atoms with van der Waals surface area (Å²) in [5, 5.41) is 0. The molecule has 1 aliphatic rings. The summed E-state index contributed by atoms with van der Waals surface area (Å²) in [6, 6.07) is 15.7. The average molecular weight is 292 g/mol. The summed E-state index contributed by atoms with van der Waals surface area (Å²) < 4.78 is 10.4. The number of fused-ring (bicyclic) bond motifs is 2. The second-order valence-electron chi connectivity index (χ2n) is 4.99. The number of carbonyl (C=O) groups excluding carboxylic acids is 1. The van der Waals surface area contributed by atoms with E-state index in [9.17, 15) is 4.79 Å². The van der Waals surface area contributed by atoms with Crippen molar-refractivity contribution >= 4 is 6.16 Å². The second kappa shape index (κ2) is 6.36. The van der Waals surface area contributed by atoms with E-state index in [4.69, 9.17) is 9.47 Å². The quantitative estimate of drug-likeness (QED) is 0.623. The standard InChI is InChI=1S/C19H16O3/c1-2-21-19(20)22-18-13-16-9-4-3-7-14(16)11-12-15-8-5-6-10-17(15)18/h3-10,18H,2,13H2,1H3. The first-order chi connectivity index (χ1) is 10.8. The summed E-state index contributed by atoms with van der Waals surface area (Å²) in [4.78, 5) is 11.8. The van der Waals surface area contributed by atoms with Crippen LogP contribution in [0.25, 0.3) is 0 Å². The van der Waals surface area contributed by atoms with Gasteiger partial charge in [0.05, 0.1) is 6.61 Å². The lowest BCUT2D eigenvalue weighted by atomic mass is 9.92. The molecule has 0 amide bonds. The first-order valence-electron chi connectivity index (χ1n) is 7.30. The predicted octanol–water partition coefficient (Wildman–Crippen LogP) is 3.86. The molecule has 2 aromatic carbocycles. The zero-order valence-corrected chi connectivity index (χ0v) is 12.3. The van der Waals surface area contributed by atoms with E-state index < -0.39 is 12.3 Å². The topological polar surface area (TPSA) is 35.5 Å². The van der Waals surface area contributed by atoms with E-state index >= 15 is 0 Å². The van der Waals surface area contributed by atoms with Gasteiger partial charge in [-0.05, 0) is 24.6 Å². The molecule has 0 radical (unpaired) electrons. The van der Waals surface area contributed by atoms with Crippen LogP contribution in [0.1, 0.15) is 35.3 Å². The fraction of sp³-hybridized carbons (Fsp3) is 0.211. The van der Waals surface area contributed by atoms with Crippen molar-refractivity contribution < 1.29 is 14.3 Å². The lowest BCUT2D eigenvalue weighted by molar-refractivity contribution is 0.0256. The van der Waals surface area contributed by atoms with Gasteiger partial charge in [0.25, 0.3) is 0 Å². The van der Waals surface area contributed by atoms with Gasteiger partial charge in [0, 0.05) is 23.1 Å². The van der Waals surface area contributed by atoms with Gasteiger partial charge in [-0.3, -0.25) is 0 Å². The van der Waals surface area contributed by atoms with Crippen LogP contribution in [0.2, 0.25) is 0 Å². The first-order valence-corrected chi connectivity index (χ1v) is 7.30. The van der Waals surface area contributed by atoms with Crippen LogP contribution in [0, 0.1) is 11.8 Å². The summed E-state index contributed by atoms with van der Waals surface area (Å²) in [6.07, 6.45) is -0.458. The van der Waals surface area contributed by atoms with Crippen molar-refractivity contribution in [3.8, 4) is 11.8 Å². The van der Waals surface area contributed by atoms with Crippen molar-refractivity contribution in [3.63, 3.8) is 0 Å². The van der Waals surface area contributed by atoms with E-state index in [0.717, 1.165) is 22.3 Å². The maximum atomic E-state index is 11.8. The summed E-state index contributed by atoms with van der Waals surface area (Å²) >= 11 is 0. The number of ether oxygens (including phenoxy) is 2. The maximum absolute atomic E-state index is 11.8. The highest BCUT2D eigenvalue weighted by Gasteiger charge is 2.22. The van der Waals surface area contributed by atoms with E-state index in [1.807, 2.05) is 48.5 Å². The van der Waals surface area contributed by atoms with Crippen LogP contribution in [-0.4, -0.2) is 12.8 Å². The number of hydrogen-bond donors (Lipinski definition) is 0. The summed E-state index contributed by atoms with van der Waals surface area (Å²) in [5.74, 6) is 6.37. The molecule has 1 atom stereocenters. The van der Waals surface area contributed by atoms with Crippen LogP contribution in [0.15, 0.2) is 48.5 Å². The van der Waals surface area contributed by atoms with Gasteiger partial charge in [0.15, 0.2) is 0 Å². The smallest absolute Gasteiger partial charge is 0.435 e. The highest BCUT2D eigenvalue weighted by molar-refractivity contribution is 5.61. The molecule has 22 heavy (non-hydrogen) atoms. The third-order valence-electron chi connectivity index (χ3n) is 3.56. The highest BCUT2D eigenvalue weighted by Crippen LogP contribution is 2.28. The lowest BCUT2D eigenvalue weighted by Gasteiger charge is -2.21. The van der Waals surface area contributed by atoms with Crippen molar-refractivity contribution in [1.29, 1.82) is 0 Å². The SMILES string of the molecule is CCOC(=O)OC1Cc2ccccc2C#Cc2ccccc21. The highest BCUT2D eigenvalue weighted by atomic mass is 16.7. The molecule has 3 nitrogen and oxygen atoms in total. The minimum absolute atomic E-state index is 0.295. The molecule has 1 aliphatic carbocycles. The Balaban J connectivity index is 2.03. The van der Waals surface area contributed by atoms with Gasteiger partial charge >= 0.3 is 6.16 Å². The molecule has 0 spiro atoms. The van der Waals surface area contributed by atoms with Crippen LogP contribution in [0.4, 0.5) is 4.79 Å². The summed E-state index contributed by atoms with van der Waals surface area (Å²) in [5.41, 5.74) is 3.83. The second-order valence-corrected chi connectivity index (χ2v) is 4.99. The minimum Gasteiger partial charge on any atom is -0.435 e. The number of hydrogen-bond acceptors (Lipinski definition) is 3. The van der Waals surface area contributed by atoms with Crippen LogP contribution in [-0.2, 0) is 15.9 Å². The Morgan fingerprint density at radius 2 is 1.77 bits per heavy atom. The number of rotatable bonds is 2. The number of carbonyl (C=O) groups is 1. The first kappa shape index (κ1) is 14.2. The molecule has 0 N–H and O–H groups in total. The Labute approximate surface area is 129 Å². The summed E-state index contributed by atoms with van der Waals surface area (Å²) in [6.45, 7) is 2.05. The van der Waals surface area contributed by atoms with Crippen molar-refractivity contribution in [2.75, 3.05) is 6.61 Å². The molecule has 0 heterocycles. The summed E-state index contributed by atoms with van der Waals surface area (Å²) in [7, 11) is 0. The third-order valence-corrected chi connectivity index (χ3v) is 3.56. The Morgan fingerprint density at radius 1 is 1.09 bits per heavy atom. The van der Waals surface area contributed by atoms with Crippen LogP contribution >= 0.6 is 0 Å². The van der Waals surface area contributed by atoms with E-state index in [-0.39, 0.29) is 0 Å². The van der Waals surface area contributed by atoms with Crippen molar-refractivity contribution in [3.05, 3.63) is 70.8 Å². The normalized spacial score (nSPS) is 15.2. The lowest BCUT2D eigenvalue weighted by Crippen LogP contribution is -2.17. The maximum Gasteiger partial charge on any atom is 0.508 e. The van der Waals surface area contributed by atoms with Crippen molar-refractivity contribution in [2.24, 2.45) is 0 Å². The van der Waals surface area contributed by atoms with Crippen molar-refractivity contribution in [2.45, 2.75) is 19.4 Å². The fourth-order valence-electron chi connectivity index (χ4n) is 2.53. The molecule has 0 saturated carbocycles. The zero-order chi connectivity index (χ0) is 15.4. The number of benzene rings is 2. The van der Waals surface area contributed by atoms with Gasteiger partial charge in [-0.1, -0.05) is 48.2 Å². The van der Waals surface area contributed by atoms with Gasteiger partial charge in [0.2, 0.25) is 0 Å². The largest absolute Gasteiger partial charge is 0.508 e. The molecule has 2 aromatic rings. The molecule has 0 bridgehead atoms. The van der Waals surface area contributed by atoms with E-state index in [0.29, 0.717) is 13.0 Å². The predicted molar refractivity (Wildman–Crippen MR) is 83.4 cm³/mol. The molecule has 0 aromatic heterocycles.